The van der Waals surface area contributed by atoms with Gasteiger partial charge in [-0.2, -0.15) is 33.7 Å². The number of hydrogen-bond donors (Lipinski definition) is 13. The van der Waals surface area contributed by atoms with E-state index in [1.807, 2.05) is 0 Å². The standard InChI is InChI=1S/C38H66N4O34S4/c1-12-18(39)35(69-16(10-65-78(54,55)56)26(12)70-37-24(46)23(45)29(32(74-37)34(48)49)72-36-20(41)22(44)21(43)15(68-36)9-64-77(51,52)53)73-30-25(47)31(76-80(60,61)62)38(75-33(30)42-50)71-27-17(11-66-79(57,58)59)67-13(2)19(40)28(27)63-8-14-6-4-3-5-7-14/h12-33,35-38,43-47H,3-11,39-41H2,1-2H3,(H,48,49)(H,51,52,53)(H,54,55,56)(H,57,58,59)(H,60,61,62)/t12-,13-,15?,16?,17?,18?,19?,20?,21-,22-,23-,24?,25?,26+,27-,28-,29+,30+,31?,32?,33-,35-,36-,37-,38-/m1/s1. The van der Waals surface area contributed by atoms with Gasteiger partial charge in [0.05, 0.1) is 50.2 Å². The van der Waals surface area contributed by atoms with Crippen molar-refractivity contribution in [2.24, 2.45) is 34.2 Å². The van der Waals surface area contributed by atoms with Gasteiger partial charge < -0.3 is 95.2 Å². The maximum atomic E-state index is 12.6. The first-order chi connectivity index (χ1) is 37.1. The van der Waals surface area contributed by atoms with Crippen LogP contribution in [-0.2, 0) is 110 Å². The molecule has 1 aliphatic carbocycles. The number of carboxylic acid groups (broad SMARTS) is 1. The third kappa shape index (κ3) is 17.5. The first-order valence-electron chi connectivity index (χ1n) is 24.3. The molecule has 0 aromatic heterocycles. The number of aliphatic hydroxyl groups is 5. The molecule has 466 valence electrons. The molecule has 5 aliphatic heterocycles. The van der Waals surface area contributed by atoms with E-state index in [1.165, 1.54) is 13.8 Å². The summed E-state index contributed by atoms with van der Waals surface area (Å²) in [5, 5.41) is 68.2. The lowest BCUT2D eigenvalue weighted by Crippen LogP contribution is -2.68. The number of nitrogens with two attached hydrogens (primary N) is 3. The third-order valence-corrected chi connectivity index (χ3v) is 15.8. The largest absolute Gasteiger partial charge is 0.479 e. The van der Waals surface area contributed by atoms with Crippen molar-refractivity contribution in [2.75, 3.05) is 26.4 Å². The number of nitroso groups, excluding NO2 is 1. The highest BCUT2D eigenvalue weighted by molar-refractivity contribution is 7.81. The highest BCUT2D eigenvalue weighted by Gasteiger charge is 2.58. The van der Waals surface area contributed by atoms with Crippen LogP contribution < -0.4 is 17.2 Å². The van der Waals surface area contributed by atoms with Crippen molar-refractivity contribution >= 4 is 47.6 Å². The summed E-state index contributed by atoms with van der Waals surface area (Å²) in [5.74, 6) is -3.29. The molecule has 16 N–H and O–H groups in total. The number of nitrogens with zero attached hydrogens (tertiary/aromatic N) is 1. The van der Waals surface area contributed by atoms with E-state index in [4.69, 9.17) is 73.3 Å². The Kier molecular flexibility index (Phi) is 23.0. The average molecular weight is 1250 g/mol. The lowest BCUT2D eigenvalue weighted by atomic mass is 9.88. The van der Waals surface area contributed by atoms with Crippen LogP contribution in [0.1, 0.15) is 46.0 Å². The summed E-state index contributed by atoms with van der Waals surface area (Å²) in [4.78, 5) is 25.2. The van der Waals surface area contributed by atoms with Crippen molar-refractivity contribution in [3.8, 4) is 0 Å². The summed E-state index contributed by atoms with van der Waals surface area (Å²) in [6.07, 6.45) is -38.6. The summed E-state index contributed by atoms with van der Waals surface area (Å²) < 4.78 is 208. The molecule has 0 aromatic carbocycles. The highest BCUT2D eigenvalue weighted by Crippen LogP contribution is 2.39. The van der Waals surface area contributed by atoms with E-state index in [2.05, 4.69) is 17.7 Å². The Hall–Kier alpha value is -2.17. The molecular weight excluding hydrogens is 1180 g/mol. The molecule has 38 nitrogen and oxygen atoms in total. The molecule has 6 fully saturated rings. The number of carboxylic acids is 1. The number of aliphatic carboxylic acids is 1. The second kappa shape index (κ2) is 27.5. The van der Waals surface area contributed by atoms with Crippen LogP contribution in [0.3, 0.4) is 0 Å². The molecule has 0 bridgehead atoms. The Bertz CT molecular complexity index is 2520. The smallest absolute Gasteiger partial charge is 0.397 e. The van der Waals surface area contributed by atoms with E-state index in [0.717, 1.165) is 32.1 Å². The Morgan fingerprint density at radius 2 is 1.02 bits per heavy atom. The Labute approximate surface area is 456 Å². The zero-order chi connectivity index (χ0) is 59.6. The maximum absolute atomic E-state index is 12.6. The van der Waals surface area contributed by atoms with E-state index < -0.39 is 220 Å². The summed E-state index contributed by atoms with van der Waals surface area (Å²) in [6.45, 7) is -0.649. The van der Waals surface area contributed by atoms with Crippen LogP contribution in [0.2, 0.25) is 0 Å². The molecule has 6 rings (SSSR count). The number of ether oxygens (including phenoxy) is 10. The molecule has 1 saturated carbocycles. The van der Waals surface area contributed by atoms with Gasteiger partial charge in [0.25, 0.3) is 0 Å². The molecule has 25 atom stereocenters. The molecule has 6 aliphatic rings. The minimum atomic E-state index is -5.66. The van der Waals surface area contributed by atoms with Crippen LogP contribution in [0.15, 0.2) is 5.18 Å². The van der Waals surface area contributed by atoms with Crippen molar-refractivity contribution in [3.63, 3.8) is 0 Å². The Morgan fingerprint density at radius 3 is 1.57 bits per heavy atom. The zero-order valence-corrected chi connectivity index (χ0v) is 45.2. The van der Waals surface area contributed by atoms with E-state index in [0.29, 0.717) is 0 Å². The Balaban J connectivity index is 1.23. The van der Waals surface area contributed by atoms with Crippen LogP contribution in [0, 0.1) is 16.7 Å². The van der Waals surface area contributed by atoms with Gasteiger partial charge in [-0.1, -0.05) is 26.2 Å². The van der Waals surface area contributed by atoms with Crippen LogP contribution in [-0.4, -0.2) is 262 Å². The summed E-state index contributed by atoms with van der Waals surface area (Å²) >= 11 is 0. The van der Waals surface area contributed by atoms with E-state index in [1.54, 1.807) is 0 Å². The van der Waals surface area contributed by atoms with Crippen molar-refractivity contribution < 1.29 is 151 Å². The molecule has 5 saturated heterocycles. The van der Waals surface area contributed by atoms with Gasteiger partial charge in [0.2, 0.25) is 6.23 Å². The topological polar surface area (TPSA) is 593 Å². The molecule has 0 amide bonds. The quantitative estimate of drug-likeness (QED) is 0.0315. The molecule has 0 spiro atoms. The van der Waals surface area contributed by atoms with Gasteiger partial charge in [-0.05, 0) is 30.9 Å². The van der Waals surface area contributed by atoms with Gasteiger partial charge in [0.15, 0.2) is 37.4 Å². The third-order valence-electron chi connectivity index (χ3n) is 14.0. The molecule has 42 heteroatoms. The van der Waals surface area contributed by atoms with E-state index >= 15 is 0 Å². The molecule has 80 heavy (non-hydrogen) atoms. The lowest BCUT2D eigenvalue weighted by Gasteiger charge is -2.50. The van der Waals surface area contributed by atoms with Crippen molar-refractivity contribution in [1.82, 2.24) is 0 Å². The predicted octanol–water partition coefficient (Wildman–Crippen LogP) is -6.94. The monoisotopic (exact) mass is 1250 g/mol. The molecule has 10 unspecified atom stereocenters. The van der Waals surface area contributed by atoms with Gasteiger partial charge in [-0.3, -0.25) is 18.2 Å². The maximum Gasteiger partial charge on any atom is 0.397 e. The highest BCUT2D eigenvalue weighted by atomic mass is 32.3. The van der Waals surface area contributed by atoms with Crippen LogP contribution >= 0.6 is 0 Å². The van der Waals surface area contributed by atoms with Crippen LogP contribution in [0.4, 0.5) is 0 Å². The number of aliphatic hydroxyl groups excluding tert-OH is 5. The van der Waals surface area contributed by atoms with Crippen molar-refractivity contribution in [1.29, 1.82) is 0 Å². The van der Waals surface area contributed by atoms with Gasteiger partial charge in [-0.15, -0.1) is 4.91 Å². The lowest BCUT2D eigenvalue weighted by molar-refractivity contribution is -0.370. The first-order valence-corrected chi connectivity index (χ1v) is 29.8. The number of rotatable bonds is 24. The van der Waals surface area contributed by atoms with Gasteiger partial charge in [0, 0.05) is 12.5 Å². The summed E-state index contributed by atoms with van der Waals surface area (Å²) in [7, 11) is -21.3. The SMILES string of the molecule is C[C@@H]1C(N)[C@@H](O[C@H]2C(O)C(OS(=O)(=O)O)[C@H](O[C@@H]3C(COS(=O)(=O)O)O[C@H](C)C(N)[C@H]3OCC3CCCCC3)O[C@H]2N=O)OC(COS(=O)(=O)O)[C@H]1O[C@@H]1OC(C(=O)O)[C@@H](O[C@H]2OC(COS(=O)(=O)O)[C@@H](O)[C@H](O)C2N)[C@H](O)C1O. The van der Waals surface area contributed by atoms with Crippen molar-refractivity contribution in [3.05, 3.63) is 4.91 Å². The number of carbonyl (C=O) groups is 1. The molecule has 0 aromatic rings. The summed E-state index contributed by atoms with van der Waals surface area (Å²) in [5.41, 5.74) is 18.9. The fourth-order valence-corrected chi connectivity index (χ4v) is 11.3. The molecular formula is C38H66N4O34S4. The van der Waals surface area contributed by atoms with E-state index in [-0.39, 0.29) is 12.5 Å². The van der Waals surface area contributed by atoms with E-state index in [9.17, 15) is 87.7 Å². The first kappa shape index (κ1) is 67.0. The normalized spacial score (nSPS) is 42.9. The molecule has 5 heterocycles. The van der Waals surface area contributed by atoms with Gasteiger partial charge in [0.1, 0.15) is 73.2 Å². The minimum absolute atomic E-state index is 0.0173. The van der Waals surface area contributed by atoms with Gasteiger partial charge >= 0.3 is 47.6 Å². The second-order valence-electron chi connectivity index (χ2n) is 19.6. The summed E-state index contributed by atoms with van der Waals surface area (Å²) in [6, 6.07) is -4.55. The van der Waals surface area contributed by atoms with Crippen LogP contribution in [0.25, 0.3) is 0 Å². The number of hydrogen-bond acceptors (Lipinski definition) is 33. The molecule has 0 radical (unpaired) electrons. The van der Waals surface area contributed by atoms with Crippen molar-refractivity contribution in [2.45, 2.75) is 193 Å². The van der Waals surface area contributed by atoms with Gasteiger partial charge in [-0.25, -0.2) is 21.5 Å². The Morgan fingerprint density at radius 1 is 0.512 bits per heavy atom. The fraction of sp³-hybridized carbons (Fsp3) is 0.974. The second-order valence-corrected chi connectivity index (χ2v) is 23.9. The minimum Gasteiger partial charge on any atom is -0.479 e. The average Bonchev–Trinajstić information content (AvgIpc) is 3.40. The fourth-order valence-electron chi connectivity index (χ4n) is 9.85. The van der Waals surface area contributed by atoms with Crippen LogP contribution in [0.5, 0.6) is 0 Å². The zero-order valence-electron chi connectivity index (χ0n) is 42.0. The predicted molar refractivity (Wildman–Crippen MR) is 250 cm³/mol.